The van der Waals surface area contributed by atoms with Gasteiger partial charge in [0.25, 0.3) is 0 Å². The molecule has 20 heavy (non-hydrogen) atoms. The Morgan fingerprint density at radius 1 is 1.30 bits per heavy atom. The highest BCUT2D eigenvalue weighted by Gasteiger charge is 2.43. The van der Waals surface area contributed by atoms with E-state index >= 15 is 0 Å². The third-order valence-corrected chi connectivity index (χ3v) is 4.08. The highest BCUT2D eigenvalue weighted by Crippen LogP contribution is 2.30. The van der Waals surface area contributed by atoms with Gasteiger partial charge in [0.15, 0.2) is 5.76 Å². The molecule has 2 heterocycles. The number of rotatable bonds is 4. The maximum Gasteiger partial charge on any atom is 0.151 e. The minimum atomic E-state index is -0.539. The van der Waals surface area contributed by atoms with Crippen molar-refractivity contribution in [2.24, 2.45) is 5.92 Å². The lowest BCUT2D eigenvalue weighted by atomic mass is 9.83. The van der Waals surface area contributed by atoms with Crippen molar-refractivity contribution < 1.29 is 9.63 Å². The van der Waals surface area contributed by atoms with Crippen LogP contribution in [0.1, 0.15) is 19.6 Å². The highest BCUT2D eigenvalue weighted by atomic mass is 16.5. The molecule has 0 spiro atoms. The van der Waals surface area contributed by atoms with E-state index in [1.807, 2.05) is 36.4 Å². The van der Waals surface area contributed by atoms with Crippen molar-refractivity contribution in [1.82, 2.24) is 10.1 Å². The van der Waals surface area contributed by atoms with Gasteiger partial charge in [0, 0.05) is 24.7 Å². The van der Waals surface area contributed by atoms with Crippen LogP contribution in [0, 0.1) is 5.92 Å². The lowest BCUT2D eigenvalue weighted by Gasteiger charge is -2.48. The Bertz CT molecular complexity index is 571. The van der Waals surface area contributed by atoms with Gasteiger partial charge in [-0.25, -0.2) is 0 Å². The van der Waals surface area contributed by atoms with Crippen molar-refractivity contribution in [3.63, 3.8) is 0 Å². The molecule has 4 nitrogen and oxygen atoms in total. The molecule has 3 rings (SSSR count). The van der Waals surface area contributed by atoms with Crippen LogP contribution in [0.15, 0.2) is 40.9 Å². The minimum Gasteiger partial charge on any atom is -0.387 e. The third kappa shape index (κ3) is 2.49. The predicted molar refractivity (Wildman–Crippen MR) is 77.0 cm³/mol. The van der Waals surface area contributed by atoms with E-state index in [0.29, 0.717) is 19.6 Å². The number of likely N-dealkylation sites (tertiary alicyclic amines) is 1. The maximum atomic E-state index is 10.2. The van der Waals surface area contributed by atoms with E-state index < -0.39 is 5.60 Å². The summed E-state index contributed by atoms with van der Waals surface area (Å²) in [4.78, 5) is 2.18. The largest absolute Gasteiger partial charge is 0.387 e. The van der Waals surface area contributed by atoms with Crippen molar-refractivity contribution in [2.45, 2.75) is 26.0 Å². The summed E-state index contributed by atoms with van der Waals surface area (Å²) in [7, 11) is 0. The van der Waals surface area contributed by atoms with Crippen LogP contribution in [0.4, 0.5) is 0 Å². The van der Waals surface area contributed by atoms with Crippen LogP contribution in [-0.2, 0) is 6.54 Å². The standard InChI is InChI=1S/C16H20N2O2/c1-12(2)16(19)10-18(11-16)9-14-8-15(17-20-14)13-6-4-3-5-7-13/h3-8,12,19H,9-11H2,1-2H3. The summed E-state index contributed by atoms with van der Waals surface area (Å²) in [5.74, 6) is 1.13. The lowest BCUT2D eigenvalue weighted by Crippen LogP contribution is -2.63. The van der Waals surface area contributed by atoms with Crippen molar-refractivity contribution >= 4 is 0 Å². The Balaban J connectivity index is 1.62. The molecule has 0 radical (unpaired) electrons. The molecule has 0 saturated carbocycles. The number of β-amino-alcohol motifs (C(OH)–C–C–N with tert-alkyl or cyclic N) is 1. The number of nitrogens with zero attached hydrogens (tertiary/aromatic N) is 2. The van der Waals surface area contributed by atoms with Gasteiger partial charge in [-0.3, -0.25) is 4.90 Å². The summed E-state index contributed by atoms with van der Waals surface area (Å²) in [6.07, 6.45) is 0. The first-order valence-corrected chi connectivity index (χ1v) is 7.02. The minimum absolute atomic E-state index is 0.286. The summed E-state index contributed by atoms with van der Waals surface area (Å²) in [6, 6.07) is 12.0. The van der Waals surface area contributed by atoms with E-state index in [1.165, 1.54) is 0 Å². The second-order valence-electron chi connectivity index (χ2n) is 5.95. The number of hydrogen-bond donors (Lipinski definition) is 1. The smallest absolute Gasteiger partial charge is 0.151 e. The van der Waals surface area contributed by atoms with Crippen LogP contribution in [-0.4, -0.2) is 33.9 Å². The number of hydrogen-bond acceptors (Lipinski definition) is 4. The molecule has 2 aromatic rings. The molecule has 1 fully saturated rings. The predicted octanol–water partition coefficient (Wildman–Crippen LogP) is 2.54. The van der Waals surface area contributed by atoms with Gasteiger partial charge in [-0.1, -0.05) is 49.3 Å². The summed E-state index contributed by atoms with van der Waals surface area (Å²) >= 11 is 0. The first kappa shape index (κ1) is 13.3. The molecule has 0 atom stereocenters. The Hall–Kier alpha value is -1.65. The third-order valence-electron chi connectivity index (χ3n) is 4.08. The van der Waals surface area contributed by atoms with Gasteiger partial charge < -0.3 is 9.63 Å². The number of aromatic nitrogens is 1. The monoisotopic (exact) mass is 272 g/mol. The molecule has 0 amide bonds. The van der Waals surface area contributed by atoms with Crippen LogP contribution < -0.4 is 0 Å². The van der Waals surface area contributed by atoms with Crippen molar-refractivity contribution in [2.75, 3.05) is 13.1 Å². The van der Waals surface area contributed by atoms with Crippen LogP contribution >= 0.6 is 0 Å². The van der Waals surface area contributed by atoms with Gasteiger partial charge in [0.1, 0.15) is 5.69 Å². The topological polar surface area (TPSA) is 49.5 Å². The fourth-order valence-electron chi connectivity index (χ4n) is 2.56. The molecule has 0 unspecified atom stereocenters. The molecule has 1 aromatic heterocycles. The average Bonchev–Trinajstić information content (AvgIpc) is 2.86. The maximum absolute atomic E-state index is 10.2. The lowest BCUT2D eigenvalue weighted by molar-refractivity contribution is -0.132. The van der Waals surface area contributed by atoms with Gasteiger partial charge in [-0.05, 0) is 5.92 Å². The van der Waals surface area contributed by atoms with Crippen molar-refractivity contribution in [3.8, 4) is 11.3 Å². The molecule has 1 aliphatic rings. The van der Waals surface area contributed by atoms with E-state index in [0.717, 1.165) is 17.0 Å². The zero-order valence-electron chi connectivity index (χ0n) is 11.9. The Kier molecular flexibility index (Phi) is 3.36. The van der Waals surface area contributed by atoms with Crippen LogP contribution in [0.5, 0.6) is 0 Å². The number of aliphatic hydroxyl groups is 1. The molecule has 106 valence electrons. The average molecular weight is 272 g/mol. The summed E-state index contributed by atoms with van der Waals surface area (Å²) in [5, 5.41) is 14.3. The van der Waals surface area contributed by atoms with Gasteiger partial charge in [-0.2, -0.15) is 0 Å². The zero-order valence-corrected chi connectivity index (χ0v) is 11.9. The fourth-order valence-corrected chi connectivity index (χ4v) is 2.56. The molecule has 0 bridgehead atoms. The molecule has 1 aliphatic heterocycles. The van der Waals surface area contributed by atoms with E-state index in [-0.39, 0.29) is 5.92 Å². The molecule has 1 aromatic carbocycles. The molecule has 4 heteroatoms. The highest BCUT2D eigenvalue weighted by molar-refractivity contribution is 5.58. The zero-order chi connectivity index (χ0) is 14.2. The van der Waals surface area contributed by atoms with Gasteiger partial charge in [0.2, 0.25) is 0 Å². The molecular weight excluding hydrogens is 252 g/mol. The molecule has 0 aliphatic carbocycles. The van der Waals surface area contributed by atoms with E-state index in [4.69, 9.17) is 4.52 Å². The van der Waals surface area contributed by atoms with Gasteiger partial charge in [0.05, 0.1) is 12.1 Å². The van der Waals surface area contributed by atoms with E-state index in [2.05, 4.69) is 23.9 Å². The number of benzene rings is 1. The Morgan fingerprint density at radius 3 is 2.65 bits per heavy atom. The van der Waals surface area contributed by atoms with Crippen LogP contribution in [0.25, 0.3) is 11.3 Å². The first-order chi connectivity index (χ1) is 9.57. The van der Waals surface area contributed by atoms with Gasteiger partial charge in [-0.15, -0.1) is 0 Å². The van der Waals surface area contributed by atoms with Crippen LogP contribution in [0.2, 0.25) is 0 Å². The molecular formula is C16H20N2O2. The van der Waals surface area contributed by atoms with E-state index in [1.54, 1.807) is 0 Å². The second-order valence-corrected chi connectivity index (χ2v) is 5.95. The normalized spacial score (nSPS) is 18.2. The summed E-state index contributed by atoms with van der Waals surface area (Å²) in [6.45, 7) is 6.21. The quantitative estimate of drug-likeness (QED) is 0.929. The van der Waals surface area contributed by atoms with Gasteiger partial charge >= 0.3 is 0 Å². The first-order valence-electron chi connectivity index (χ1n) is 7.02. The fraction of sp³-hybridized carbons (Fsp3) is 0.438. The van der Waals surface area contributed by atoms with E-state index in [9.17, 15) is 5.11 Å². The Morgan fingerprint density at radius 2 is 2.00 bits per heavy atom. The summed E-state index contributed by atoms with van der Waals surface area (Å²) in [5.41, 5.74) is 1.38. The molecule has 1 N–H and O–H groups in total. The second kappa shape index (κ2) is 5.04. The van der Waals surface area contributed by atoms with Crippen molar-refractivity contribution in [3.05, 3.63) is 42.2 Å². The Labute approximate surface area is 119 Å². The molecule has 1 saturated heterocycles. The van der Waals surface area contributed by atoms with Crippen LogP contribution in [0.3, 0.4) is 0 Å². The SMILES string of the molecule is CC(C)C1(O)CN(Cc2cc(-c3ccccc3)no2)C1. The van der Waals surface area contributed by atoms with Crippen molar-refractivity contribution in [1.29, 1.82) is 0 Å². The summed E-state index contributed by atoms with van der Waals surface area (Å²) < 4.78 is 5.38.